The number of rotatable bonds is 3. The first kappa shape index (κ1) is 17.2. The largest absolute Gasteiger partial charge is 0.496 e. The van der Waals surface area contributed by atoms with Crippen LogP contribution in [0.4, 0.5) is 5.69 Å². The van der Waals surface area contributed by atoms with Crippen LogP contribution in [0.25, 0.3) is 0 Å². The first-order valence-electron chi connectivity index (χ1n) is 9.54. The van der Waals surface area contributed by atoms with E-state index in [0.29, 0.717) is 23.5 Å². The van der Waals surface area contributed by atoms with E-state index in [2.05, 4.69) is 10.2 Å². The topological polar surface area (TPSA) is 84.7 Å². The molecule has 2 aromatic rings. The Labute approximate surface area is 162 Å². The second kappa shape index (κ2) is 6.04. The zero-order valence-corrected chi connectivity index (χ0v) is 15.5. The van der Waals surface area contributed by atoms with Crippen molar-refractivity contribution < 1.29 is 14.5 Å². The molecule has 2 fully saturated rings. The van der Waals surface area contributed by atoms with Crippen molar-refractivity contribution in [2.24, 2.45) is 0 Å². The van der Waals surface area contributed by atoms with Gasteiger partial charge < -0.3 is 10.1 Å². The molecule has 2 aromatic carbocycles. The number of hydrogen-bond acceptors (Lipinski definition) is 5. The van der Waals surface area contributed by atoms with Crippen LogP contribution in [-0.4, -0.2) is 41.5 Å². The number of para-hydroxylation sites is 2. The Hall–Kier alpha value is -2.93. The smallest absolute Gasteiger partial charge is 0.256 e. The second-order valence-electron chi connectivity index (χ2n) is 7.67. The molecule has 0 unspecified atom stereocenters. The molecule has 28 heavy (non-hydrogen) atoms. The van der Waals surface area contributed by atoms with Gasteiger partial charge >= 0.3 is 0 Å². The molecule has 7 nitrogen and oxygen atoms in total. The van der Waals surface area contributed by atoms with Gasteiger partial charge in [-0.25, -0.2) is 0 Å². The van der Waals surface area contributed by atoms with Crippen molar-refractivity contribution in [2.45, 2.75) is 36.4 Å². The summed E-state index contributed by atoms with van der Waals surface area (Å²) < 4.78 is 5.54. The number of carbonyl (C=O) groups excluding carboxylic acids is 1. The number of methoxy groups -OCH3 is 1. The van der Waals surface area contributed by atoms with Crippen LogP contribution in [0, 0.1) is 10.1 Å². The van der Waals surface area contributed by atoms with E-state index in [1.807, 2.05) is 48.5 Å². The number of carbonyl (C=O) groups is 1. The summed E-state index contributed by atoms with van der Waals surface area (Å²) in [7, 11) is 1.58. The Morgan fingerprint density at radius 1 is 1.21 bits per heavy atom. The van der Waals surface area contributed by atoms with E-state index < -0.39 is 17.5 Å². The number of nitro groups is 1. The van der Waals surface area contributed by atoms with Crippen LogP contribution in [-0.2, 0) is 10.3 Å². The van der Waals surface area contributed by atoms with E-state index >= 15 is 0 Å². The zero-order valence-electron chi connectivity index (χ0n) is 15.5. The lowest BCUT2D eigenvalue weighted by Gasteiger charge is -2.32. The molecule has 0 radical (unpaired) electrons. The number of ether oxygens (including phenoxy) is 1. The van der Waals surface area contributed by atoms with Crippen molar-refractivity contribution in [1.29, 1.82) is 0 Å². The van der Waals surface area contributed by atoms with Gasteiger partial charge in [-0.2, -0.15) is 0 Å². The molecule has 1 amide bonds. The summed E-state index contributed by atoms with van der Waals surface area (Å²) in [5.41, 5.74) is 0.904. The van der Waals surface area contributed by atoms with Crippen molar-refractivity contribution in [3.63, 3.8) is 0 Å². The molecular formula is C21H21N3O4. The first-order valence-corrected chi connectivity index (χ1v) is 9.54. The maximum Gasteiger partial charge on any atom is 0.256 e. The average Bonchev–Trinajstić information content (AvgIpc) is 3.35. The van der Waals surface area contributed by atoms with Gasteiger partial charge in [-0.1, -0.05) is 36.4 Å². The number of anilines is 1. The molecule has 0 aliphatic carbocycles. The Kier molecular flexibility index (Phi) is 3.71. The molecule has 3 aliphatic heterocycles. The number of nitrogens with one attached hydrogen (secondary N) is 1. The van der Waals surface area contributed by atoms with Gasteiger partial charge in [-0.15, -0.1) is 0 Å². The van der Waals surface area contributed by atoms with Crippen molar-refractivity contribution >= 4 is 11.6 Å². The van der Waals surface area contributed by atoms with Gasteiger partial charge in [0.25, 0.3) is 11.9 Å². The van der Waals surface area contributed by atoms with E-state index in [4.69, 9.17) is 4.74 Å². The van der Waals surface area contributed by atoms with E-state index in [0.717, 1.165) is 18.4 Å². The Balaban J connectivity index is 1.78. The number of nitrogens with zero attached hydrogens (tertiary/aromatic N) is 2. The van der Waals surface area contributed by atoms with Gasteiger partial charge in [0.2, 0.25) is 0 Å². The molecule has 5 rings (SSSR count). The lowest BCUT2D eigenvalue weighted by Crippen LogP contribution is -2.55. The number of hydrogen-bond donors (Lipinski definition) is 1. The predicted octanol–water partition coefficient (Wildman–Crippen LogP) is 2.75. The zero-order chi connectivity index (χ0) is 19.5. The second-order valence-corrected chi connectivity index (χ2v) is 7.67. The Bertz CT molecular complexity index is 978. The highest BCUT2D eigenvalue weighted by Crippen LogP contribution is 2.58. The lowest BCUT2D eigenvalue weighted by atomic mass is 9.77. The van der Waals surface area contributed by atoms with Crippen molar-refractivity contribution in [2.75, 3.05) is 19.0 Å². The third-order valence-electron chi connectivity index (χ3n) is 6.59. The molecular weight excluding hydrogens is 358 g/mol. The SMILES string of the molecule is COc1ccccc1[C@H]1[C@H]([N+](=O)[O-])[C@@]2(C(=O)Nc3ccccc32)N2CCC[C@@H]12. The number of amides is 1. The van der Waals surface area contributed by atoms with Crippen LogP contribution in [0.3, 0.4) is 0 Å². The molecule has 0 bridgehead atoms. The maximum absolute atomic E-state index is 13.4. The quantitative estimate of drug-likeness (QED) is 0.655. The molecule has 7 heteroatoms. The molecule has 4 atom stereocenters. The van der Waals surface area contributed by atoms with Gasteiger partial charge in [0, 0.05) is 34.3 Å². The van der Waals surface area contributed by atoms with Crippen LogP contribution in [0.5, 0.6) is 5.75 Å². The fourth-order valence-electron chi connectivity index (χ4n) is 5.69. The lowest BCUT2D eigenvalue weighted by molar-refractivity contribution is -0.534. The van der Waals surface area contributed by atoms with Crippen LogP contribution >= 0.6 is 0 Å². The number of fused-ring (bicyclic) bond motifs is 4. The molecule has 144 valence electrons. The fraction of sp³-hybridized carbons (Fsp3) is 0.381. The summed E-state index contributed by atoms with van der Waals surface area (Å²) in [6.07, 6.45) is 1.74. The molecule has 0 aromatic heterocycles. The highest BCUT2D eigenvalue weighted by Gasteiger charge is 2.73. The summed E-state index contributed by atoms with van der Waals surface area (Å²) in [5, 5.41) is 15.4. The van der Waals surface area contributed by atoms with Crippen molar-refractivity contribution in [1.82, 2.24) is 4.90 Å². The Morgan fingerprint density at radius 3 is 2.75 bits per heavy atom. The van der Waals surface area contributed by atoms with E-state index in [9.17, 15) is 14.9 Å². The van der Waals surface area contributed by atoms with Gasteiger partial charge in [0.15, 0.2) is 5.54 Å². The van der Waals surface area contributed by atoms with Gasteiger partial charge in [-0.3, -0.25) is 19.8 Å². The van der Waals surface area contributed by atoms with Crippen molar-refractivity contribution in [3.05, 3.63) is 69.8 Å². The fourth-order valence-corrected chi connectivity index (χ4v) is 5.69. The van der Waals surface area contributed by atoms with Crippen LogP contribution in [0.15, 0.2) is 48.5 Å². The normalized spacial score (nSPS) is 30.9. The molecule has 3 aliphatic rings. The van der Waals surface area contributed by atoms with Crippen LogP contribution < -0.4 is 10.1 Å². The molecule has 2 saturated heterocycles. The minimum atomic E-state index is -1.28. The highest BCUT2D eigenvalue weighted by atomic mass is 16.6. The summed E-state index contributed by atoms with van der Waals surface area (Å²) in [5.74, 6) is -0.0832. The van der Waals surface area contributed by atoms with E-state index in [-0.39, 0.29) is 16.9 Å². The van der Waals surface area contributed by atoms with Crippen molar-refractivity contribution in [3.8, 4) is 5.75 Å². The minimum absolute atomic E-state index is 0.0800. The van der Waals surface area contributed by atoms with E-state index in [1.54, 1.807) is 7.11 Å². The maximum atomic E-state index is 13.4. The summed E-state index contributed by atoms with van der Waals surface area (Å²) >= 11 is 0. The third kappa shape index (κ3) is 1.99. The molecule has 1 spiro atoms. The standard InChI is InChI=1S/C21H21N3O4/c1-28-17-11-5-2-7-13(17)18-16-10-6-12-23(16)21(19(18)24(26)27)14-8-3-4-9-15(14)22-20(21)25/h2-5,7-9,11,16,18-19H,6,10,12H2,1H3,(H,22,25)/t16-,18+,19-,21-/m0/s1. The van der Waals surface area contributed by atoms with Crippen LogP contribution in [0.2, 0.25) is 0 Å². The first-order chi connectivity index (χ1) is 13.6. The van der Waals surface area contributed by atoms with Gasteiger partial charge in [0.1, 0.15) is 5.75 Å². The van der Waals surface area contributed by atoms with Gasteiger partial charge in [-0.05, 0) is 25.0 Å². The average molecular weight is 379 g/mol. The Morgan fingerprint density at radius 2 is 1.96 bits per heavy atom. The molecule has 1 N–H and O–H groups in total. The monoisotopic (exact) mass is 379 g/mol. The summed E-state index contributed by atoms with van der Waals surface area (Å²) in [4.78, 5) is 27.7. The van der Waals surface area contributed by atoms with Crippen LogP contribution in [0.1, 0.15) is 29.9 Å². The highest BCUT2D eigenvalue weighted by molar-refractivity contribution is 6.07. The molecule has 0 saturated carbocycles. The summed E-state index contributed by atoms with van der Waals surface area (Å²) in [6, 6.07) is 13.7. The van der Waals surface area contributed by atoms with Gasteiger partial charge in [0.05, 0.1) is 13.0 Å². The van der Waals surface area contributed by atoms with E-state index in [1.165, 1.54) is 0 Å². The number of benzene rings is 2. The third-order valence-corrected chi connectivity index (χ3v) is 6.59. The summed E-state index contributed by atoms with van der Waals surface area (Å²) in [6.45, 7) is 0.669. The molecule has 3 heterocycles. The predicted molar refractivity (Wildman–Crippen MR) is 103 cm³/mol. The minimum Gasteiger partial charge on any atom is -0.496 e.